The molecule has 0 saturated carbocycles. The quantitative estimate of drug-likeness (QED) is 0.664. The third-order valence-electron chi connectivity index (χ3n) is 2.02. The Morgan fingerprint density at radius 2 is 2.20 bits per heavy atom. The zero-order valence-electron chi connectivity index (χ0n) is 7.93. The summed E-state index contributed by atoms with van der Waals surface area (Å²) in [7, 11) is 0. The van der Waals surface area contributed by atoms with Gasteiger partial charge in [-0.1, -0.05) is 12.1 Å². The molecular formula is C10H12FNO3. The summed E-state index contributed by atoms with van der Waals surface area (Å²) in [4.78, 5) is 10.4. The highest BCUT2D eigenvalue weighted by Gasteiger charge is 2.22. The molecule has 4 nitrogen and oxygen atoms in total. The molecule has 2 atom stereocenters. The number of aliphatic hydroxyl groups excluding tert-OH is 1. The van der Waals surface area contributed by atoms with Crippen molar-refractivity contribution in [2.24, 2.45) is 5.73 Å². The first-order chi connectivity index (χ1) is 7.00. The van der Waals surface area contributed by atoms with E-state index in [9.17, 15) is 9.18 Å². The van der Waals surface area contributed by atoms with Gasteiger partial charge in [0.15, 0.2) is 6.10 Å². The average Bonchev–Trinajstić information content (AvgIpc) is 2.16. The molecule has 0 bridgehead atoms. The summed E-state index contributed by atoms with van der Waals surface area (Å²) in [6, 6.07) is 4.73. The number of hydrogen-bond acceptors (Lipinski definition) is 3. The van der Waals surface area contributed by atoms with Gasteiger partial charge in [0.1, 0.15) is 5.82 Å². The molecule has 0 aliphatic carbocycles. The summed E-state index contributed by atoms with van der Waals surface area (Å²) < 4.78 is 12.8. The molecule has 0 amide bonds. The lowest BCUT2D eigenvalue weighted by molar-refractivity contribution is -0.147. The summed E-state index contributed by atoms with van der Waals surface area (Å²) in [6.45, 7) is 0. The zero-order valence-corrected chi connectivity index (χ0v) is 7.93. The van der Waals surface area contributed by atoms with Gasteiger partial charge in [0.2, 0.25) is 0 Å². The molecule has 82 valence electrons. The summed E-state index contributed by atoms with van der Waals surface area (Å²) >= 11 is 0. The van der Waals surface area contributed by atoms with Gasteiger partial charge in [0.25, 0.3) is 0 Å². The van der Waals surface area contributed by atoms with Gasteiger partial charge in [-0.25, -0.2) is 9.18 Å². The summed E-state index contributed by atoms with van der Waals surface area (Å²) in [5.74, 6) is -1.79. The molecule has 0 spiro atoms. The second-order valence-electron chi connectivity index (χ2n) is 3.28. The highest BCUT2D eigenvalue weighted by molar-refractivity contribution is 5.72. The molecule has 0 fully saturated rings. The smallest absolute Gasteiger partial charge is 0.334 e. The maximum atomic E-state index is 12.8. The van der Waals surface area contributed by atoms with Gasteiger partial charge in [-0.15, -0.1) is 0 Å². The lowest BCUT2D eigenvalue weighted by Gasteiger charge is -2.14. The topological polar surface area (TPSA) is 83.5 Å². The second kappa shape index (κ2) is 4.86. The first-order valence-electron chi connectivity index (χ1n) is 4.41. The van der Waals surface area contributed by atoms with Crippen LogP contribution in [0.15, 0.2) is 24.3 Å². The Bertz CT molecular complexity index is 356. The van der Waals surface area contributed by atoms with Crippen LogP contribution in [0, 0.1) is 5.82 Å². The highest BCUT2D eigenvalue weighted by Crippen LogP contribution is 2.07. The van der Waals surface area contributed by atoms with E-state index in [2.05, 4.69) is 0 Å². The van der Waals surface area contributed by atoms with Crippen LogP contribution in [-0.4, -0.2) is 28.3 Å². The van der Waals surface area contributed by atoms with Crippen molar-refractivity contribution in [2.45, 2.75) is 18.6 Å². The number of hydrogen-bond donors (Lipinski definition) is 3. The molecule has 15 heavy (non-hydrogen) atoms. The molecule has 0 unspecified atom stereocenters. The van der Waals surface area contributed by atoms with Crippen molar-refractivity contribution >= 4 is 5.97 Å². The largest absolute Gasteiger partial charge is 0.479 e. The number of carbonyl (C=O) groups is 1. The van der Waals surface area contributed by atoms with E-state index in [0.717, 1.165) is 0 Å². The van der Waals surface area contributed by atoms with Crippen LogP contribution in [-0.2, 0) is 11.2 Å². The Labute approximate surface area is 86.1 Å². The van der Waals surface area contributed by atoms with Gasteiger partial charge < -0.3 is 15.9 Å². The predicted molar refractivity (Wildman–Crippen MR) is 51.7 cm³/mol. The molecule has 0 aliphatic rings. The standard InChI is InChI=1S/C10H12FNO3/c11-7-3-1-2-6(4-7)5-8(12)9(13)10(14)15/h1-4,8-9,13H,5,12H2,(H,14,15)/t8-,9+/m1/s1. The molecule has 4 N–H and O–H groups in total. The normalized spacial score (nSPS) is 14.6. The number of aliphatic carboxylic acids is 1. The van der Waals surface area contributed by atoms with Gasteiger partial charge >= 0.3 is 5.97 Å². The van der Waals surface area contributed by atoms with Crippen molar-refractivity contribution in [3.63, 3.8) is 0 Å². The molecule has 0 heterocycles. The van der Waals surface area contributed by atoms with E-state index in [1.54, 1.807) is 6.07 Å². The molecule has 0 saturated heterocycles. The number of nitrogens with two attached hydrogens (primary N) is 1. The third-order valence-corrected chi connectivity index (χ3v) is 2.02. The number of halogens is 1. The van der Waals surface area contributed by atoms with Crippen LogP contribution in [0.2, 0.25) is 0 Å². The van der Waals surface area contributed by atoms with Gasteiger partial charge in [-0.3, -0.25) is 0 Å². The van der Waals surface area contributed by atoms with E-state index in [0.29, 0.717) is 5.56 Å². The number of carboxylic acids is 1. The molecule has 1 aromatic rings. The molecule has 0 aliphatic heterocycles. The van der Waals surface area contributed by atoms with Gasteiger partial charge in [0.05, 0.1) is 0 Å². The predicted octanol–water partition coefficient (Wildman–Crippen LogP) is 0.141. The minimum Gasteiger partial charge on any atom is -0.479 e. The molecular weight excluding hydrogens is 201 g/mol. The minimum absolute atomic E-state index is 0.116. The zero-order chi connectivity index (χ0) is 11.4. The lowest BCUT2D eigenvalue weighted by atomic mass is 10.0. The minimum atomic E-state index is -1.63. The van der Waals surface area contributed by atoms with E-state index in [4.69, 9.17) is 15.9 Å². The van der Waals surface area contributed by atoms with E-state index in [1.807, 2.05) is 0 Å². The van der Waals surface area contributed by atoms with E-state index in [-0.39, 0.29) is 6.42 Å². The number of rotatable bonds is 4. The summed E-state index contributed by atoms with van der Waals surface area (Å²) in [5, 5.41) is 17.6. The maximum absolute atomic E-state index is 12.8. The number of aliphatic hydroxyl groups is 1. The molecule has 0 radical (unpaired) electrons. The molecule has 5 heteroatoms. The Kier molecular flexibility index (Phi) is 3.76. The first-order valence-corrected chi connectivity index (χ1v) is 4.41. The van der Waals surface area contributed by atoms with Gasteiger partial charge in [-0.05, 0) is 24.1 Å². The van der Waals surface area contributed by atoms with Crippen LogP contribution in [0.5, 0.6) is 0 Å². The van der Waals surface area contributed by atoms with Crippen molar-refractivity contribution in [2.75, 3.05) is 0 Å². The van der Waals surface area contributed by atoms with Crippen LogP contribution in [0.1, 0.15) is 5.56 Å². The van der Waals surface area contributed by atoms with Crippen molar-refractivity contribution in [3.05, 3.63) is 35.6 Å². The van der Waals surface area contributed by atoms with Gasteiger partial charge in [0, 0.05) is 6.04 Å². The average molecular weight is 213 g/mol. The Hall–Kier alpha value is -1.46. The second-order valence-corrected chi connectivity index (χ2v) is 3.28. The molecule has 0 aromatic heterocycles. The number of carboxylic acid groups (broad SMARTS) is 1. The van der Waals surface area contributed by atoms with Crippen molar-refractivity contribution in [3.8, 4) is 0 Å². The maximum Gasteiger partial charge on any atom is 0.334 e. The van der Waals surface area contributed by atoms with Crippen molar-refractivity contribution in [1.82, 2.24) is 0 Å². The first kappa shape index (κ1) is 11.6. The SMILES string of the molecule is N[C@H](Cc1cccc(F)c1)[C@H](O)C(=O)O. The van der Waals surface area contributed by atoms with E-state index < -0.39 is 23.9 Å². The van der Waals surface area contributed by atoms with Crippen LogP contribution >= 0.6 is 0 Å². The Balaban J connectivity index is 2.66. The summed E-state index contributed by atoms with van der Waals surface area (Å²) in [6.07, 6.45) is -1.51. The lowest BCUT2D eigenvalue weighted by Crippen LogP contribution is -2.41. The monoisotopic (exact) mass is 213 g/mol. The van der Waals surface area contributed by atoms with Crippen molar-refractivity contribution < 1.29 is 19.4 Å². The van der Waals surface area contributed by atoms with Crippen LogP contribution in [0.25, 0.3) is 0 Å². The Morgan fingerprint density at radius 1 is 1.53 bits per heavy atom. The van der Waals surface area contributed by atoms with E-state index >= 15 is 0 Å². The fraction of sp³-hybridized carbons (Fsp3) is 0.300. The van der Waals surface area contributed by atoms with E-state index in [1.165, 1.54) is 18.2 Å². The number of benzene rings is 1. The Morgan fingerprint density at radius 3 is 2.73 bits per heavy atom. The fourth-order valence-electron chi connectivity index (χ4n) is 1.23. The highest BCUT2D eigenvalue weighted by atomic mass is 19.1. The summed E-state index contributed by atoms with van der Waals surface area (Å²) in [5.41, 5.74) is 6.01. The van der Waals surface area contributed by atoms with Gasteiger partial charge in [-0.2, -0.15) is 0 Å². The van der Waals surface area contributed by atoms with Crippen molar-refractivity contribution in [1.29, 1.82) is 0 Å². The van der Waals surface area contributed by atoms with Crippen LogP contribution < -0.4 is 5.73 Å². The van der Waals surface area contributed by atoms with Crippen LogP contribution in [0.4, 0.5) is 4.39 Å². The molecule has 1 rings (SSSR count). The fourth-order valence-corrected chi connectivity index (χ4v) is 1.23. The third kappa shape index (κ3) is 3.30. The molecule has 1 aromatic carbocycles. The van der Waals surface area contributed by atoms with Crippen LogP contribution in [0.3, 0.4) is 0 Å².